The van der Waals surface area contributed by atoms with Crippen molar-refractivity contribution in [3.05, 3.63) is 0 Å². The lowest BCUT2D eigenvalue weighted by Gasteiger charge is -2.38. The van der Waals surface area contributed by atoms with E-state index in [1.54, 1.807) is 0 Å². The van der Waals surface area contributed by atoms with Crippen molar-refractivity contribution in [2.24, 2.45) is 10.4 Å². The molecule has 1 aliphatic heterocycles. The molecule has 0 amide bonds. The first kappa shape index (κ1) is 19.0. The molecule has 1 aliphatic carbocycles. The minimum absolute atomic E-state index is 0. The van der Waals surface area contributed by atoms with E-state index in [9.17, 15) is 0 Å². The molecule has 0 aromatic carbocycles. The Morgan fingerprint density at radius 3 is 2.38 bits per heavy atom. The van der Waals surface area contributed by atoms with Gasteiger partial charge in [0.2, 0.25) is 0 Å². The van der Waals surface area contributed by atoms with Crippen LogP contribution >= 0.6 is 24.0 Å². The van der Waals surface area contributed by atoms with Crippen molar-refractivity contribution in [1.82, 2.24) is 15.1 Å². The number of hydrogen-bond acceptors (Lipinski definition) is 2. The van der Waals surface area contributed by atoms with Gasteiger partial charge in [0, 0.05) is 25.2 Å². The molecule has 1 spiro atoms. The predicted molar refractivity (Wildman–Crippen MR) is 102 cm³/mol. The van der Waals surface area contributed by atoms with Crippen LogP contribution in [0.2, 0.25) is 0 Å². The Labute approximate surface area is 147 Å². The summed E-state index contributed by atoms with van der Waals surface area (Å²) in [5.74, 6) is 1.12. The Hall–Kier alpha value is -0.0400. The second-order valence-electron chi connectivity index (χ2n) is 7.40. The van der Waals surface area contributed by atoms with Gasteiger partial charge >= 0.3 is 0 Å². The summed E-state index contributed by atoms with van der Waals surface area (Å²) in [5.41, 5.74) is 0.738. The lowest BCUT2D eigenvalue weighted by atomic mass is 9.68. The van der Waals surface area contributed by atoms with E-state index in [0.717, 1.165) is 19.0 Å². The van der Waals surface area contributed by atoms with Gasteiger partial charge < -0.3 is 15.1 Å². The van der Waals surface area contributed by atoms with Gasteiger partial charge in [-0.15, -0.1) is 24.0 Å². The number of nitrogens with zero attached hydrogens (tertiary/aromatic N) is 3. The molecule has 1 saturated carbocycles. The average Bonchev–Trinajstić information content (AvgIpc) is 2.79. The minimum Gasteiger partial charge on any atom is -0.357 e. The first-order valence-corrected chi connectivity index (χ1v) is 8.09. The second kappa shape index (κ2) is 7.49. The summed E-state index contributed by atoms with van der Waals surface area (Å²) in [6.07, 6.45) is 5.63. The van der Waals surface area contributed by atoms with Gasteiger partial charge in [0.1, 0.15) is 0 Å². The van der Waals surface area contributed by atoms with Crippen molar-refractivity contribution in [2.75, 3.05) is 40.3 Å². The fourth-order valence-corrected chi connectivity index (χ4v) is 3.04. The molecule has 0 radical (unpaired) electrons. The van der Waals surface area contributed by atoms with Crippen LogP contribution in [0.25, 0.3) is 0 Å². The van der Waals surface area contributed by atoms with Crippen LogP contribution in [0, 0.1) is 5.41 Å². The zero-order chi connectivity index (χ0) is 14.8. The Kier molecular flexibility index (Phi) is 6.78. The molecule has 2 aliphatic rings. The molecule has 124 valence electrons. The van der Waals surface area contributed by atoms with E-state index in [1.165, 1.54) is 38.8 Å². The van der Waals surface area contributed by atoms with Crippen molar-refractivity contribution >= 4 is 29.9 Å². The lowest BCUT2D eigenvalue weighted by molar-refractivity contribution is 0.151. The summed E-state index contributed by atoms with van der Waals surface area (Å²) in [6.45, 7) is 10.8. The van der Waals surface area contributed by atoms with Crippen molar-refractivity contribution in [3.63, 3.8) is 0 Å². The first-order valence-electron chi connectivity index (χ1n) is 8.09. The molecule has 21 heavy (non-hydrogen) atoms. The molecular formula is C16H33IN4. The summed E-state index contributed by atoms with van der Waals surface area (Å²) in [4.78, 5) is 9.63. The largest absolute Gasteiger partial charge is 0.357 e. The molecule has 4 nitrogen and oxygen atoms in total. The lowest BCUT2D eigenvalue weighted by Crippen LogP contribution is -2.45. The summed E-state index contributed by atoms with van der Waals surface area (Å²) >= 11 is 0. The van der Waals surface area contributed by atoms with Gasteiger partial charge in [0.05, 0.1) is 6.54 Å². The Bertz CT molecular complexity index is 361. The molecule has 5 heteroatoms. The highest BCUT2D eigenvalue weighted by Gasteiger charge is 2.43. The summed E-state index contributed by atoms with van der Waals surface area (Å²) in [5, 5.41) is 3.48. The van der Waals surface area contributed by atoms with Gasteiger partial charge in [-0.2, -0.15) is 0 Å². The smallest absolute Gasteiger partial charge is 0.193 e. The zero-order valence-electron chi connectivity index (χ0n) is 14.4. The number of aliphatic imine (C=N–C) groups is 1. The van der Waals surface area contributed by atoms with E-state index in [4.69, 9.17) is 4.99 Å². The van der Waals surface area contributed by atoms with Crippen molar-refractivity contribution in [1.29, 1.82) is 0 Å². The SMILES string of the molecule is CCNC(=NCC(C)(C)N(C)C)N1CCC2(CCC2)C1.I. The quantitative estimate of drug-likeness (QED) is 0.441. The number of halogens is 1. The van der Waals surface area contributed by atoms with E-state index < -0.39 is 0 Å². The van der Waals surface area contributed by atoms with E-state index >= 15 is 0 Å². The van der Waals surface area contributed by atoms with E-state index in [-0.39, 0.29) is 29.5 Å². The van der Waals surface area contributed by atoms with Gasteiger partial charge in [0.25, 0.3) is 0 Å². The molecule has 2 fully saturated rings. The fraction of sp³-hybridized carbons (Fsp3) is 0.938. The normalized spacial score (nSPS) is 21.4. The predicted octanol–water partition coefficient (Wildman–Crippen LogP) is 2.79. The maximum atomic E-state index is 4.90. The number of guanidine groups is 1. The van der Waals surface area contributed by atoms with Gasteiger partial charge in [-0.05, 0) is 59.5 Å². The summed E-state index contributed by atoms with van der Waals surface area (Å²) in [6, 6.07) is 0. The Morgan fingerprint density at radius 2 is 1.95 bits per heavy atom. The zero-order valence-corrected chi connectivity index (χ0v) is 16.7. The number of rotatable bonds is 4. The third-order valence-electron chi connectivity index (χ3n) is 5.31. The molecule has 1 N–H and O–H groups in total. The monoisotopic (exact) mass is 408 g/mol. The standard InChI is InChI=1S/C16H32N4.HI/c1-6-17-14(18-12-15(2,3)19(4)5)20-11-10-16(13-20)8-7-9-16;/h6-13H2,1-5H3,(H,17,18);1H. The minimum atomic E-state index is 0. The van der Waals surface area contributed by atoms with Crippen LogP contribution in [0.3, 0.4) is 0 Å². The van der Waals surface area contributed by atoms with E-state index in [2.05, 4.69) is 50.0 Å². The van der Waals surface area contributed by atoms with Gasteiger partial charge in [-0.1, -0.05) is 6.42 Å². The van der Waals surface area contributed by atoms with Crippen molar-refractivity contribution in [2.45, 2.75) is 52.0 Å². The van der Waals surface area contributed by atoms with Crippen LogP contribution in [0.5, 0.6) is 0 Å². The van der Waals surface area contributed by atoms with Crippen LogP contribution in [0.15, 0.2) is 4.99 Å². The molecule has 0 atom stereocenters. The van der Waals surface area contributed by atoms with Gasteiger partial charge in [0.15, 0.2) is 5.96 Å². The average molecular weight is 408 g/mol. The molecule has 2 rings (SSSR count). The van der Waals surface area contributed by atoms with Crippen molar-refractivity contribution in [3.8, 4) is 0 Å². The maximum absolute atomic E-state index is 4.90. The second-order valence-corrected chi connectivity index (χ2v) is 7.40. The maximum Gasteiger partial charge on any atom is 0.193 e. The van der Waals surface area contributed by atoms with Crippen LogP contribution in [0.4, 0.5) is 0 Å². The summed E-state index contributed by atoms with van der Waals surface area (Å²) < 4.78 is 0. The fourth-order valence-electron chi connectivity index (χ4n) is 3.04. The highest BCUT2D eigenvalue weighted by molar-refractivity contribution is 14.0. The summed E-state index contributed by atoms with van der Waals surface area (Å²) in [7, 11) is 4.25. The topological polar surface area (TPSA) is 30.9 Å². The first-order chi connectivity index (χ1) is 9.38. The van der Waals surface area contributed by atoms with Crippen LogP contribution < -0.4 is 5.32 Å². The molecule has 0 aromatic heterocycles. The Morgan fingerprint density at radius 1 is 1.29 bits per heavy atom. The number of likely N-dealkylation sites (tertiary alicyclic amines) is 1. The molecule has 1 saturated heterocycles. The molecular weight excluding hydrogens is 375 g/mol. The van der Waals surface area contributed by atoms with Crippen molar-refractivity contribution < 1.29 is 0 Å². The van der Waals surface area contributed by atoms with E-state index in [1.807, 2.05) is 0 Å². The molecule has 1 heterocycles. The number of hydrogen-bond donors (Lipinski definition) is 1. The highest BCUT2D eigenvalue weighted by Crippen LogP contribution is 2.47. The number of nitrogens with one attached hydrogen (secondary N) is 1. The van der Waals surface area contributed by atoms with Crippen LogP contribution in [-0.2, 0) is 0 Å². The number of likely N-dealkylation sites (N-methyl/N-ethyl adjacent to an activating group) is 1. The molecule has 0 bridgehead atoms. The third-order valence-corrected chi connectivity index (χ3v) is 5.31. The third kappa shape index (κ3) is 4.47. The highest BCUT2D eigenvalue weighted by atomic mass is 127. The van der Waals surface area contributed by atoms with Gasteiger partial charge in [-0.25, -0.2) is 0 Å². The van der Waals surface area contributed by atoms with Crippen LogP contribution in [-0.4, -0.2) is 61.6 Å². The molecule has 0 aromatic rings. The van der Waals surface area contributed by atoms with Gasteiger partial charge in [-0.3, -0.25) is 4.99 Å². The van der Waals surface area contributed by atoms with E-state index in [0.29, 0.717) is 5.41 Å². The molecule has 0 unspecified atom stereocenters. The Balaban J connectivity index is 0.00000220. The van der Waals surface area contributed by atoms with Crippen LogP contribution in [0.1, 0.15) is 46.5 Å².